The molecule has 2 rings (SSSR count). The predicted molar refractivity (Wildman–Crippen MR) is 78.5 cm³/mol. The van der Waals surface area contributed by atoms with Gasteiger partial charge in [-0.1, -0.05) is 17.7 Å². The van der Waals surface area contributed by atoms with E-state index in [1.54, 1.807) is 12.1 Å². The summed E-state index contributed by atoms with van der Waals surface area (Å²) >= 11 is 0. The molecule has 0 N–H and O–H groups in total. The molecule has 0 radical (unpaired) electrons. The highest BCUT2D eigenvalue weighted by atomic mass is 32.2. The van der Waals surface area contributed by atoms with Gasteiger partial charge in [0.2, 0.25) is 0 Å². The molecule has 0 aliphatic carbocycles. The molecule has 118 valence electrons. The number of rotatable bonds is 5. The van der Waals surface area contributed by atoms with Crippen LogP contribution in [0.4, 0.5) is 4.39 Å². The molecule has 5 nitrogen and oxygen atoms in total. The van der Waals surface area contributed by atoms with Crippen molar-refractivity contribution in [2.45, 2.75) is 11.8 Å². The first-order chi connectivity index (χ1) is 10.4. The topological polar surface area (TPSA) is 61.8 Å². The molecule has 2 aromatic carbocycles. The fourth-order valence-corrected chi connectivity index (χ4v) is 2.80. The van der Waals surface area contributed by atoms with Crippen molar-refractivity contribution in [2.24, 2.45) is 0 Å². The summed E-state index contributed by atoms with van der Waals surface area (Å²) in [7, 11) is -1.67. The van der Waals surface area contributed by atoms with Gasteiger partial charge in [0.25, 0.3) is 0 Å². The van der Waals surface area contributed by atoms with Gasteiger partial charge < -0.3 is 13.7 Å². The highest BCUT2D eigenvalue weighted by molar-refractivity contribution is 7.87. The van der Waals surface area contributed by atoms with Crippen LogP contribution in [-0.2, 0) is 10.1 Å². The summed E-state index contributed by atoms with van der Waals surface area (Å²) in [5, 5.41) is 0. The Morgan fingerprint density at radius 2 is 1.50 bits per heavy atom. The van der Waals surface area contributed by atoms with E-state index in [4.69, 9.17) is 13.7 Å². The zero-order valence-electron chi connectivity index (χ0n) is 12.3. The van der Waals surface area contributed by atoms with E-state index in [9.17, 15) is 12.8 Å². The molecule has 22 heavy (non-hydrogen) atoms. The van der Waals surface area contributed by atoms with Gasteiger partial charge in [-0.2, -0.15) is 8.42 Å². The number of ether oxygens (including phenoxy) is 2. The second kappa shape index (κ2) is 6.23. The van der Waals surface area contributed by atoms with Crippen molar-refractivity contribution in [3.8, 4) is 17.2 Å². The number of aryl methyl sites for hydroxylation is 1. The van der Waals surface area contributed by atoms with E-state index in [1.165, 1.54) is 26.4 Å². The van der Waals surface area contributed by atoms with Gasteiger partial charge in [-0.3, -0.25) is 0 Å². The normalized spacial score (nSPS) is 11.1. The van der Waals surface area contributed by atoms with Crippen LogP contribution in [0.25, 0.3) is 0 Å². The highest BCUT2D eigenvalue weighted by Gasteiger charge is 2.24. The van der Waals surface area contributed by atoms with E-state index >= 15 is 0 Å². The molecule has 0 saturated carbocycles. The molecule has 0 aliphatic rings. The Kier molecular flexibility index (Phi) is 4.56. The van der Waals surface area contributed by atoms with Gasteiger partial charge in [0.15, 0.2) is 11.5 Å². The van der Waals surface area contributed by atoms with Crippen molar-refractivity contribution in [2.75, 3.05) is 14.2 Å². The lowest BCUT2D eigenvalue weighted by Crippen LogP contribution is -2.12. The van der Waals surface area contributed by atoms with E-state index < -0.39 is 20.8 Å². The number of halogens is 1. The van der Waals surface area contributed by atoms with Gasteiger partial charge in [-0.05, 0) is 19.1 Å². The number of hydrogen-bond donors (Lipinski definition) is 0. The maximum absolute atomic E-state index is 14.0. The van der Waals surface area contributed by atoms with E-state index in [2.05, 4.69) is 0 Å². The highest BCUT2D eigenvalue weighted by Crippen LogP contribution is 2.33. The number of benzene rings is 2. The molecule has 0 aliphatic heterocycles. The maximum atomic E-state index is 14.0. The predicted octanol–water partition coefficient (Wildman–Crippen LogP) is 2.92. The Labute approximate surface area is 128 Å². The third-order valence-electron chi connectivity index (χ3n) is 2.93. The lowest BCUT2D eigenvalue weighted by molar-refractivity contribution is 0.349. The molecule has 0 spiro atoms. The third-order valence-corrected chi connectivity index (χ3v) is 4.20. The second-order valence-electron chi connectivity index (χ2n) is 4.49. The Bertz CT molecular complexity index is 769. The van der Waals surface area contributed by atoms with Gasteiger partial charge in [-0.15, -0.1) is 0 Å². The van der Waals surface area contributed by atoms with Crippen LogP contribution in [0, 0.1) is 12.7 Å². The average Bonchev–Trinajstić information content (AvgIpc) is 2.48. The monoisotopic (exact) mass is 326 g/mol. The minimum Gasteiger partial charge on any atom is -0.493 e. The molecular formula is C15H15FO5S. The molecule has 0 amide bonds. The Balaban J connectivity index is 2.42. The first-order valence-electron chi connectivity index (χ1n) is 6.30. The van der Waals surface area contributed by atoms with E-state index in [0.29, 0.717) is 0 Å². The van der Waals surface area contributed by atoms with Crippen molar-refractivity contribution in [1.29, 1.82) is 0 Å². The summed E-state index contributed by atoms with van der Waals surface area (Å²) in [6.45, 7) is 1.85. The quantitative estimate of drug-likeness (QED) is 0.791. The van der Waals surface area contributed by atoms with Crippen LogP contribution in [0.15, 0.2) is 41.3 Å². The molecule has 0 saturated heterocycles. The van der Waals surface area contributed by atoms with Crippen LogP contribution >= 0.6 is 0 Å². The SMILES string of the molecule is COc1cc(F)c(S(=O)(=O)Oc2ccc(C)cc2)cc1OC. The zero-order valence-corrected chi connectivity index (χ0v) is 13.1. The summed E-state index contributed by atoms with van der Waals surface area (Å²) in [6, 6.07) is 8.32. The van der Waals surface area contributed by atoms with E-state index in [-0.39, 0.29) is 17.2 Å². The molecule has 0 unspecified atom stereocenters. The van der Waals surface area contributed by atoms with Gasteiger partial charge in [0.05, 0.1) is 14.2 Å². The smallest absolute Gasteiger partial charge is 0.342 e. The van der Waals surface area contributed by atoms with Gasteiger partial charge in [0.1, 0.15) is 16.5 Å². The fraction of sp³-hybridized carbons (Fsp3) is 0.200. The minimum atomic E-state index is -4.32. The largest absolute Gasteiger partial charge is 0.493 e. The molecule has 0 heterocycles. The zero-order chi connectivity index (χ0) is 16.3. The van der Waals surface area contributed by atoms with E-state index in [1.807, 2.05) is 6.92 Å². The molecular weight excluding hydrogens is 311 g/mol. The van der Waals surface area contributed by atoms with Crippen molar-refractivity contribution >= 4 is 10.1 Å². The number of methoxy groups -OCH3 is 2. The second-order valence-corrected chi connectivity index (χ2v) is 6.00. The lowest BCUT2D eigenvalue weighted by atomic mass is 10.2. The van der Waals surface area contributed by atoms with Crippen LogP contribution in [-0.4, -0.2) is 22.6 Å². The Morgan fingerprint density at radius 3 is 2.05 bits per heavy atom. The molecule has 7 heteroatoms. The molecule has 0 fully saturated rings. The standard InChI is InChI=1S/C15H15FO5S/c1-10-4-6-11(7-5-10)21-22(17,18)15-9-14(20-3)13(19-2)8-12(15)16/h4-9H,1-3H3. The molecule has 0 bridgehead atoms. The van der Waals surface area contributed by atoms with E-state index in [0.717, 1.165) is 17.7 Å². The summed E-state index contributed by atoms with van der Waals surface area (Å²) in [5.74, 6) is -0.700. The lowest BCUT2D eigenvalue weighted by Gasteiger charge is -2.12. The van der Waals surface area contributed by atoms with Crippen LogP contribution in [0.5, 0.6) is 17.2 Å². The van der Waals surface area contributed by atoms with Gasteiger partial charge in [-0.25, -0.2) is 4.39 Å². The van der Waals surface area contributed by atoms with Crippen molar-refractivity contribution < 1.29 is 26.5 Å². The van der Waals surface area contributed by atoms with Crippen molar-refractivity contribution in [1.82, 2.24) is 0 Å². The first kappa shape index (κ1) is 16.1. The van der Waals surface area contributed by atoms with Crippen LogP contribution in [0.2, 0.25) is 0 Å². The average molecular weight is 326 g/mol. The molecule has 0 atom stereocenters. The first-order valence-corrected chi connectivity index (χ1v) is 7.71. The summed E-state index contributed by atoms with van der Waals surface area (Å²) < 4.78 is 53.3. The summed E-state index contributed by atoms with van der Waals surface area (Å²) in [4.78, 5) is -0.620. The van der Waals surface area contributed by atoms with Gasteiger partial charge >= 0.3 is 10.1 Å². The minimum absolute atomic E-state index is 0.0919. The van der Waals surface area contributed by atoms with Crippen LogP contribution in [0.3, 0.4) is 0 Å². The van der Waals surface area contributed by atoms with Crippen LogP contribution in [0.1, 0.15) is 5.56 Å². The van der Waals surface area contributed by atoms with Crippen molar-refractivity contribution in [3.63, 3.8) is 0 Å². The number of hydrogen-bond acceptors (Lipinski definition) is 5. The van der Waals surface area contributed by atoms with Crippen LogP contribution < -0.4 is 13.7 Å². The molecule has 2 aromatic rings. The van der Waals surface area contributed by atoms with Crippen molar-refractivity contribution in [3.05, 3.63) is 47.8 Å². The summed E-state index contributed by atoms with van der Waals surface area (Å²) in [5.41, 5.74) is 0.946. The maximum Gasteiger partial charge on any atom is 0.342 e. The molecule has 0 aromatic heterocycles. The Morgan fingerprint density at radius 1 is 0.955 bits per heavy atom. The third kappa shape index (κ3) is 3.30. The summed E-state index contributed by atoms with van der Waals surface area (Å²) in [6.07, 6.45) is 0. The van der Waals surface area contributed by atoms with Gasteiger partial charge in [0, 0.05) is 12.1 Å². The Hall–Kier alpha value is -2.28. The fourth-order valence-electron chi connectivity index (χ4n) is 1.79.